The topological polar surface area (TPSA) is 52.3 Å². The number of hydrogen-bond acceptors (Lipinski definition) is 3. The van der Waals surface area contributed by atoms with E-state index >= 15 is 0 Å². The number of hydrogen-bond donors (Lipinski definition) is 1. The van der Waals surface area contributed by atoms with E-state index in [2.05, 4.69) is 0 Å². The highest BCUT2D eigenvalue weighted by Gasteiger charge is 2.03. The predicted molar refractivity (Wildman–Crippen MR) is 61.2 cm³/mol. The summed E-state index contributed by atoms with van der Waals surface area (Å²) in [5, 5.41) is 0. The summed E-state index contributed by atoms with van der Waals surface area (Å²) < 4.78 is 17.8. The van der Waals surface area contributed by atoms with Crippen molar-refractivity contribution in [2.75, 3.05) is 12.3 Å². The summed E-state index contributed by atoms with van der Waals surface area (Å²) in [4.78, 5) is 11.1. The minimum Gasteiger partial charge on any atom is -0.463 e. The van der Waals surface area contributed by atoms with Gasteiger partial charge in [0.1, 0.15) is 5.82 Å². The molecular weight excluding hydrogens is 209 g/mol. The van der Waals surface area contributed by atoms with Crippen LogP contribution in [0, 0.1) is 12.7 Å². The van der Waals surface area contributed by atoms with Gasteiger partial charge in [0.2, 0.25) is 0 Å². The number of nitrogen functional groups attached to an aromatic ring is 1. The van der Waals surface area contributed by atoms with E-state index in [4.69, 9.17) is 10.5 Å². The standard InChI is InChI=1S/C12H14FNO2/c1-3-16-12(15)5-4-9-6-10(13)7-11(14)8(9)2/h4-7H,3,14H2,1-2H3. The molecule has 0 radical (unpaired) electrons. The first-order valence-corrected chi connectivity index (χ1v) is 4.95. The summed E-state index contributed by atoms with van der Waals surface area (Å²) >= 11 is 0. The Morgan fingerprint density at radius 2 is 2.25 bits per heavy atom. The summed E-state index contributed by atoms with van der Waals surface area (Å²) in [6.07, 6.45) is 2.75. The van der Waals surface area contributed by atoms with Gasteiger partial charge in [-0.15, -0.1) is 0 Å². The van der Waals surface area contributed by atoms with Crippen molar-refractivity contribution < 1.29 is 13.9 Å². The molecule has 0 amide bonds. The fourth-order valence-corrected chi connectivity index (χ4v) is 1.24. The van der Waals surface area contributed by atoms with Gasteiger partial charge in [-0.25, -0.2) is 9.18 Å². The molecule has 2 N–H and O–H groups in total. The van der Waals surface area contributed by atoms with Crippen LogP contribution in [0.2, 0.25) is 0 Å². The van der Waals surface area contributed by atoms with Crippen LogP contribution in [0.4, 0.5) is 10.1 Å². The van der Waals surface area contributed by atoms with Crippen LogP contribution in [0.1, 0.15) is 18.1 Å². The van der Waals surface area contributed by atoms with Crippen LogP contribution >= 0.6 is 0 Å². The molecule has 0 heterocycles. The number of halogens is 1. The number of nitrogens with two attached hydrogens (primary N) is 1. The van der Waals surface area contributed by atoms with Crippen molar-refractivity contribution in [1.29, 1.82) is 0 Å². The highest BCUT2D eigenvalue weighted by atomic mass is 19.1. The molecule has 0 aliphatic carbocycles. The van der Waals surface area contributed by atoms with Crippen LogP contribution in [-0.4, -0.2) is 12.6 Å². The van der Waals surface area contributed by atoms with Crippen molar-refractivity contribution in [1.82, 2.24) is 0 Å². The number of carbonyl (C=O) groups excluding carboxylic acids is 1. The Morgan fingerprint density at radius 1 is 1.56 bits per heavy atom. The quantitative estimate of drug-likeness (QED) is 0.486. The fourth-order valence-electron chi connectivity index (χ4n) is 1.24. The zero-order valence-electron chi connectivity index (χ0n) is 9.29. The lowest BCUT2D eigenvalue weighted by Crippen LogP contribution is -1.99. The predicted octanol–water partition coefficient (Wildman–Crippen LogP) is 2.29. The molecule has 0 saturated carbocycles. The SMILES string of the molecule is CCOC(=O)C=Cc1cc(F)cc(N)c1C. The van der Waals surface area contributed by atoms with Crippen LogP contribution < -0.4 is 5.73 Å². The third kappa shape index (κ3) is 3.08. The molecule has 0 aliphatic heterocycles. The van der Waals surface area contributed by atoms with Gasteiger partial charge in [-0.2, -0.15) is 0 Å². The Kier molecular flexibility index (Phi) is 4.05. The fraction of sp³-hybridized carbons (Fsp3) is 0.250. The number of carbonyl (C=O) groups is 1. The van der Waals surface area contributed by atoms with Gasteiger partial charge in [0, 0.05) is 11.8 Å². The number of anilines is 1. The molecule has 0 aromatic heterocycles. The number of rotatable bonds is 3. The molecule has 16 heavy (non-hydrogen) atoms. The van der Waals surface area contributed by atoms with Crippen molar-refractivity contribution in [3.05, 3.63) is 35.2 Å². The van der Waals surface area contributed by atoms with Crippen molar-refractivity contribution in [3.63, 3.8) is 0 Å². The average Bonchev–Trinajstić information content (AvgIpc) is 2.21. The molecule has 0 fully saturated rings. The monoisotopic (exact) mass is 223 g/mol. The van der Waals surface area contributed by atoms with Gasteiger partial charge in [0.05, 0.1) is 6.61 Å². The number of benzene rings is 1. The van der Waals surface area contributed by atoms with E-state index in [1.54, 1.807) is 13.8 Å². The molecule has 0 aliphatic rings. The second kappa shape index (κ2) is 5.30. The Morgan fingerprint density at radius 3 is 2.88 bits per heavy atom. The molecule has 86 valence electrons. The Bertz CT molecular complexity index is 427. The van der Waals surface area contributed by atoms with E-state index in [1.807, 2.05) is 0 Å². The maximum atomic E-state index is 13.1. The molecule has 0 bridgehead atoms. The Labute approximate surface area is 93.7 Å². The summed E-state index contributed by atoms with van der Waals surface area (Å²) in [7, 11) is 0. The first-order valence-electron chi connectivity index (χ1n) is 4.95. The first kappa shape index (κ1) is 12.2. The number of ether oxygens (including phenoxy) is 1. The highest BCUT2D eigenvalue weighted by Crippen LogP contribution is 2.19. The third-order valence-corrected chi connectivity index (χ3v) is 2.14. The second-order valence-corrected chi connectivity index (χ2v) is 3.29. The molecule has 3 nitrogen and oxygen atoms in total. The molecular formula is C12H14FNO2. The number of esters is 1. The maximum absolute atomic E-state index is 13.1. The molecule has 1 aromatic carbocycles. The zero-order chi connectivity index (χ0) is 12.1. The lowest BCUT2D eigenvalue weighted by Gasteiger charge is -2.04. The largest absolute Gasteiger partial charge is 0.463 e. The smallest absolute Gasteiger partial charge is 0.330 e. The molecule has 1 rings (SSSR count). The molecule has 4 heteroatoms. The van der Waals surface area contributed by atoms with Gasteiger partial charge >= 0.3 is 5.97 Å². The van der Waals surface area contributed by atoms with E-state index in [1.165, 1.54) is 24.3 Å². The molecule has 0 atom stereocenters. The van der Waals surface area contributed by atoms with Crippen LogP contribution in [0.5, 0.6) is 0 Å². The van der Waals surface area contributed by atoms with Crippen molar-refractivity contribution in [2.45, 2.75) is 13.8 Å². The zero-order valence-corrected chi connectivity index (χ0v) is 9.29. The van der Waals surface area contributed by atoms with Gasteiger partial charge in [0.15, 0.2) is 0 Å². The van der Waals surface area contributed by atoms with Crippen LogP contribution in [0.25, 0.3) is 6.08 Å². The van der Waals surface area contributed by atoms with Crippen molar-refractivity contribution in [3.8, 4) is 0 Å². The summed E-state index contributed by atoms with van der Waals surface area (Å²) in [5.74, 6) is -0.878. The van der Waals surface area contributed by atoms with E-state index in [-0.39, 0.29) is 0 Å². The Balaban J connectivity index is 2.93. The molecule has 0 spiro atoms. The maximum Gasteiger partial charge on any atom is 0.330 e. The van der Waals surface area contributed by atoms with Crippen LogP contribution in [-0.2, 0) is 9.53 Å². The lowest BCUT2D eigenvalue weighted by molar-refractivity contribution is -0.137. The van der Waals surface area contributed by atoms with Crippen LogP contribution in [0.3, 0.4) is 0 Å². The van der Waals surface area contributed by atoms with Crippen molar-refractivity contribution in [2.24, 2.45) is 0 Å². The minimum absolute atomic E-state index is 0.313. The van der Waals surface area contributed by atoms with Crippen LogP contribution in [0.15, 0.2) is 18.2 Å². The Hall–Kier alpha value is -1.84. The minimum atomic E-state index is -0.454. The molecule has 0 unspecified atom stereocenters. The van der Waals surface area contributed by atoms with E-state index in [9.17, 15) is 9.18 Å². The summed E-state index contributed by atoms with van der Waals surface area (Å²) in [6.45, 7) is 3.80. The summed E-state index contributed by atoms with van der Waals surface area (Å²) in [5.41, 5.74) is 7.27. The normalized spacial score (nSPS) is 10.7. The van der Waals surface area contributed by atoms with Gasteiger partial charge in [-0.05, 0) is 43.2 Å². The molecule has 1 aromatic rings. The lowest BCUT2D eigenvalue weighted by atomic mass is 10.1. The highest BCUT2D eigenvalue weighted by molar-refractivity contribution is 5.87. The van der Waals surface area contributed by atoms with Gasteiger partial charge in [-0.3, -0.25) is 0 Å². The van der Waals surface area contributed by atoms with Crippen molar-refractivity contribution >= 4 is 17.7 Å². The molecule has 0 saturated heterocycles. The first-order chi connectivity index (χ1) is 7.54. The van der Waals surface area contributed by atoms with E-state index < -0.39 is 11.8 Å². The van der Waals surface area contributed by atoms with Gasteiger partial charge in [0.25, 0.3) is 0 Å². The van der Waals surface area contributed by atoms with E-state index in [0.29, 0.717) is 17.9 Å². The van der Waals surface area contributed by atoms with Gasteiger partial charge < -0.3 is 10.5 Å². The summed E-state index contributed by atoms with van der Waals surface area (Å²) in [6, 6.07) is 2.57. The third-order valence-electron chi connectivity index (χ3n) is 2.14. The average molecular weight is 223 g/mol. The van der Waals surface area contributed by atoms with E-state index in [0.717, 1.165) is 5.56 Å². The second-order valence-electron chi connectivity index (χ2n) is 3.29. The van der Waals surface area contributed by atoms with Gasteiger partial charge in [-0.1, -0.05) is 0 Å².